The van der Waals surface area contributed by atoms with Crippen LogP contribution in [0, 0.1) is 0 Å². The molecule has 0 N–H and O–H groups in total. The van der Waals surface area contributed by atoms with Crippen molar-refractivity contribution in [2.45, 2.75) is 52.1 Å². The smallest absolute Gasteiger partial charge is 0.307 e. The molecule has 0 atom stereocenters. The summed E-state index contributed by atoms with van der Waals surface area (Å²) in [5.41, 5.74) is 0. The highest BCUT2D eigenvalue weighted by atomic mass is 32.2. The van der Waals surface area contributed by atoms with Crippen molar-refractivity contribution >= 4 is 41.2 Å². The molecule has 0 rings (SSSR count). The van der Waals surface area contributed by atoms with Gasteiger partial charge in [0.2, 0.25) is 0 Å². The Morgan fingerprint density at radius 1 is 0.731 bits per heavy atom. The fourth-order valence-corrected chi connectivity index (χ4v) is 1.99. The van der Waals surface area contributed by atoms with Crippen molar-refractivity contribution in [3.63, 3.8) is 0 Å². The largest absolute Gasteiger partial charge is 0.462 e. The lowest BCUT2D eigenvalue weighted by atomic mass is 10.2. The first kappa shape index (κ1) is 24.1. The minimum absolute atomic E-state index is 0.0665. The van der Waals surface area contributed by atoms with E-state index in [0.717, 1.165) is 0 Å². The molecule has 0 radical (unpaired) electrons. The second-order valence-corrected chi connectivity index (χ2v) is 6.61. The minimum atomic E-state index is -0.938. The van der Waals surface area contributed by atoms with Crippen molar-refractivity contribution in [1.29, 1.82) is 0 Å². The first-order chi connectivity index (χ1) is 12.2. The summed E-state index contributed by atoms with van der Waals surface area (Å²) in [4.78, 5) is 56.6. The van der Waals surface area contributed by atoms with Crippen LogP contribution in [0.1, 0.15) is 46.0 Å². The molecule has 0 aliphatic carbocycles. The van der Waals surface area contributed by atoms with E-state index in [2.05, 4.69) is 0 Å². The summed E-state index contributed by atoms with van der Waals surface area (Å²) in [5.74, 6) is -1.41. The minimum Gasteiger partial charge on any atom is -0.462 e. The van der Waals surface area contributed by atoms with Crippen LogP contribution >= 0.6 is 11.8 Å². The van der Waals surface area contributed by atoms with Gasteiger partial charge >= 0.3 is 17.9 Å². The molecule has 0 aliphatic rings. The maximum Gasteiger partial charge on any atom is 0.307 e. The Hall–Kier alpha value is -1.90. The molecule has 9 heteroatoms. The van der Waals surface area contributed by atoms with E-state index < -0.39 is 24.0 Å². The lowest BCUT2D eigenvalue weighted by Gasteiger charge is -2.18. The van der Waals surface area contributed by atoms with Gasteiger partial charge in [0.25, 0.3) is 0 Å². The van der Waals surface area contributed by atoms with Crippen LogP contribution < -0.4 is 0 Å². The molecule has 0 saturated heterocycles. The van der Waals surface area contributed by atoms with Crippen LogP contribution in [0.5, 0.6) is 0 Å². The maximum atomic E-state index is 11.7. The zero-order valence-electron chi connectivity index (χ0n) is 15.4. The normalized spacial score (nSPS) is 10.3. The van der Waals surface area contributed by atoms with E-state index in [1.165, 1.54) is 25.6 Å². The highest BCUT2D eigenvalue weighted by Crippen LogP contribution is 2.05. The van der Waals surface area contributed by atoms with Crippen LogP contribution in [-0.4, -0.2) is 60.8 Å². The zero-order valence-corrected chi connectivity index (χ0v) is 16.2. The molecular weight excluding hydrogens is 364 g/mol. The number of esters is 3. The molecule has 0 aliphatic heterocycles. The molecule has 0 aromatic carbocycles. The Balaban J connectivity index is 4.46. The van der Waals surface area contributed by atoms with Crippen molar-refractivity contribution in [2.24, 2.45) is 0 Å². The van der Waals surface area contributed by atoms with Gasteiger partial charge in [0.1, 0.15) is 24.8 Å². The Labute approximate surface area is 157 Å². The van der Waals surface area contributed by atoms with Crippen LogP contribution in [0.25, 0.3) is 0 Å². The number of ether oxygens (including phenoxy) is 3. The van der Waals surface area contributed by atoms with Gasteiger partial charge in [0.05, 0.1) is 19.3 Å². The van der Waals surface area contributed by atoms with Crippen molar-refractivity contribution in [3.8, 4) is 0 Å². The monoisotopic (exact) mass is 390 g/mol. The van der Waals surface area contributed by atoms with Gasteiger partial charge in [0, 0.05) is 18.6 Å². The van der Waals surface area contributed by atoms with Gasteiger partial charge in [0.15, 0.2) is 6.10 Å². The quantitative estimate of drug-likeness (QED) is 0.321. The Morgan fingerprint density at radius 3 is 1.58 bits per heavy atom. The number of rotatable bonds is 14. The fraction of sp³-hybridized carbons (Fsp3) is 0.706. The van der Waals surface area contributed by atoms with Gasteiger partial charge in [-0.25, -0.2) is 0 Å². The summed E-state index contributed by atoms with van der Waals surface area (Å²) < 4.78 is 15.1. The number of carbonyl (C=O) groups excluding carboxylic acids is 5. The van der Waals surface area contributed by atoms with Crippen molar-refractivity contribution < 1.29 is 38.2 Å². The van der Waals surface area contributed by atoms with E-state index in [4.69, 9.17) is 14.2 Å². The number of ketones is 2. The predicted octanol–water partition coefficient (Wildman–Crippen LogP) is 1.48. The molecule has 0 aromatic rings. The average Bonchev–Trinajstić information content (AvgIpc) is 2.58. The van der Waals surface area contributed by atoms with E-state index in [1.54, 1.807) is 0 Å². The lowest BCUT2D eigenvalue weighted by molar-refractivity contribution is -0.166. The number of hydrogen-bond acceptors (Lipinski definition) is 9. The topological polar surface area (TPSA) is 113 Å². The highest BCUT2D eigenvalue weighted by Gasteiger charge is 2.19. The Morgan fingerprint density at radius 2 is 1.19 bits per heavy atom. The van der Waals surface area contributed by atoms with Crippen LogP contribution in [0.4, 0.5) is 0 Å². The molecule has 26 heavy (non-hydrogen) atoms. The Bertz CT molecular complexity index is 469. The lowest BCUT2D eigenvalue weighted by Crippen LogP contribution is -2.31. The first-order valence-electron chi connectivity index (χ1n) is 8.23. The molecule has 8 nitrogen and oxygen atoms in total. The van der Waals surface area contributed by atoms with Crippen molar-refractivity contribution in [1.82, 2.24) is 0 Å². The van der Waals surface area contributed by atoms with Gasteiger partial charge in [-0.05, 0) is 20.1 Å². The van der Waals surface area contributed by atoms with Crippen LogP contribution in [0.2, 0.25) is 0 Å². The van der Waals surface area contributed by atoms with E-state index in [1.807, 2.05) is 6.26 Å². The third kappa shape index (κ3) is 14.4. The molecule has 0 saturated carbocycles. The van der Waals surface area contributed by atoms with E-state index in [-0.39, 0.29) is 56.9 Å². The zero-order chi connectivity index (χ0) is 19.9. The predicted molar refractivity (Wildman–Crippen MR) is 94.6 cm³/mol. The first-order valence-corrected chi connectivity index (χ1v) is 9.62. The summed E-state index contributed by atoms with van der Waals surface area (Å²) in [7, 11) is 0. The summed E-state index contributed by atoms with van der Waals surface area (Å²) in [5, 5.41) is 0. The van der Waals surface area contributed by atoms with Crippen LogP contribution in [0.15, 0.2) is 0 Å². The number of hydrogen-bond donors (Lipinski definition) is 0. The van der Waals surface area contributed by atoms with E-state index in [9.17, 15) is 24.0 Å². The van der Waals surface area contributed by atoms with Crippen molar-refractivity contribution in [3.05, 3.63) is 0 Å². The Kier molecular flexibility index (Phi) is 13.2. The van der Waals surface area contributed by atoms with E-state index in [0.29, 0.717) is 5.75 Å². The molecular formula is C17H26O8S. The molecule has 148 valence electrons. The van der Waals surface area contributed by atoms with Gasteiger partial charge in [-0.15, -0.1) is 0 Å². The SMILES string of the molecule is CSCCC(=O)OC(COC(=O)CCC(C)=O)COC(=O)CCC(C)=O. The molecule has 0 bridgehead atoms. The fourth-order valence-electron chi connectivity index (χ4n) is 1.62. The van der Waals surface area contributed by atoms with Crippen molar-refractivity contribution in [2.75, 3.05) is 25.2 Å². The second-order valence-electron chi connectivity index (χ2n) is 5.62. The third-order valence-corrected chi connectivity index (χ3v) is 3.64. The summed E-state index contributed by atoms with van der Waals surface area (Å²) >= 11 is 1.48. The third-order valence-electron chi connectivity index (χ3n) is 3.03. The van der Waals surface area contributed by atoms with Crippen LogP contribution in [-0.2, 0) is 38.2 Å². The molecule has 0 fully saturated rings. The molecule has 0 unspecified atom stereocenters. The summed E-state index contributed by atoms with van der Waals surface area (Å²) in [6.07, 6.45) is 1.08. The number of thioether (sulfide) groups is 1. The summed E-state index contributed by atoms with van der Waals surface area (Å²) in [6, 6.07) is 0. The van der Waals surface area contributed by atoms with Gasteiger partial charge in [-0.2, -0.15) is 11.8 Å². The highest BCUT2D eigenvalue weighted by molar-refractivity contribution is 7.98. The second kappa shape index (κ2) is 14.3. The van der Waals surface area contributed by atoms with Gasteiger partial charge in [-0.3, -0.25) is 14.4 Å². The number of Topliss-reactive ketones (excluding diaryl/α,β-unsaturated/α-hetero) is 2. The van der Waals surface area contributed by atoms with E-state index >= 15 is 0 Å². The average molecular weight is 390 g/mol. The van der Waals surface area contributed by atoms with Gasteiger partial charge < -0.3 is 23.8 Å². The number of carbonyl (C=O) groups is 5. The standard InChI is InChI=1S/C17H26O8S/c1-12(18)4-6-15(20)23-10-14(25-17(22)8-9-26-3)11-24-16(21)7-5-13(2)19/h14H,4-11H2,1-3H3. The molecule has 0 amide bonds. The molecule has 0 spiro atoms. The summed E-state index contributed by atoms with van der Waals surface area (Å²) in [6.45, 7) is 2.18. The van der Waals surface area contributed by atoms with Crippen LogP contribution in [0.3, 0.4) is 0 Å². The molecule has 0 heterocycles. The maximum absolute atomic E-state index is 11.7. The molecule has 0 aromatic heterocycles. The van der Waals surface area contributed by atoms with Gasteiger partial charge in [-0.1, -0.05) is 0 Å².